The second-order valence-electron chi connectivity index (χ2n) is 6.73. The van der Waals surface area contributed by atoms with Crippen LogP contribution in [0.4, 0.5) is 0 Å². The van der Waals surface area contributed by atoms with Gasteiger partial charge in [-0.2, -0.15) is 0 Å². The van der Waals surface area contributed by atoms with Gasteiger partial charge in [-0.05, 0) is 56.3 Å². The normalized spacial score (nSPS) is 37.0. The maximum atomic E-state index is 11.7. The van der Waals surface area contributed by atoms with E-state index in [2.05, 4.69) is 22.9 Å². The summed E-state index contributed by atoms with van der Waals surface area (Å²) in [4.78, 5) is 0.638. The van der Waals surface area contributed by atoms with Gasteiger partial charge in [-0.1, -0.05) is 29.3 Å². The number of halogens is 1. The number of rotatable bonds is 4. The van der Waals surface area contributed by atoms with Gasteiger partial charge < -0.3 is 0 Å². The molecule has 0 radical (unpaired) electrons. The minimum atomic E-state index is -3.01. The van der Waals surface area contributed by atoms with Gasteiger partial charge in [0.25, 0.3) is 0 Å². The highest BCUT2D eigenvalue weighted by Gasteiger charge is 2.32. The third-order valence-electron chi connectivity index (χ3n) is 5.16. The SMILES string of the molecule is CCC1CCC(Br)C(CC2CCCN(S(C)(=O)=O)C2)C1. The Labute approximate surface area is 132 Å². The Morgan fingerprint density at radius 1 is 1.20 bits per heavy atom. The Kier molecular flexibility index (Phi) is 5.95. The molecule has 1 saturated heterocycles. The van der Waals surface area contributed by atoms with Crippen LogP contribution in [0, 0.1) is 17.8 Å². The predicted octanol–water partition coefficient (Wildman–Crippen LogP) is 3.64. The van der Waals surface area contributed by atoms with Gasteiger partial charge in [-0.15, -0.1) is 0 Å². The molecule has 1 heterocycles. The van der Waals surface area contributed by atoms with Crippen LogP contribution in [0.2, 0.25) is 0 Å². The average Bonchev–Trinajstić information content (AvgIpc) is 2.41. The number of alkyl halides is 1. The summed E-state index contributed by atoms with van der Waals surface area (Å²) in [5, 5.41) is 0. The van der Waals surface area contributed by atoms with E-state index in [1.165, 1.54) is 44.8 Å². The summed E-state index contributed by atoms with van der Waals surface area (Å²) in [7, 11) is -3.01. The topological polar surface area (TPSA) is 37.4 Å². The minimum absolute atomic E-state index is 0.555. The predicted molar refractivity (Wildman–Crippen MR) is 87.6 cm³/mol. The molecule has 4 atom stereocenters. The molecule has 2 rings (SSSR count). The molecule has 3 nitrogen and oxygen atoms in total. The second-order valence-corrected chi connectivity index (χ2v) is 9.89. The van der Waals surface area contributed by atoms with E-state index in [0.29, 0.717) is 10.7 Å². The van der Waals surface area contributed by atoms with Gasteiger partial charge >= 0.3 is 0 Å². The Balaban J connectivity index is 1.91. The van der Waals surface area contributed by atoms with Gasteiger partial charge in [-0.25, -0.2) is 12.7 Å². The highest BCUT2D eigenvalue weighted by Crippen LogP contribution is 2.40. The first-order valence-electron chi connectivity index (χ1n) is 7.99. The summed E-state index contributed by atoms with van der Waals surface area (Å²) in [6, 6.07) is 0. The maximum Gasteiger partial charge on any atom is 0.211 e. The molecule has 0 N–H and O–H groups in total. The molecule has 0 aromatic rings. The number of hydrogen-bond donors (Lipinski definition) is 0. The van der Waals surface area contributed by atoms with E-state index in [0.717, 1.165) is 31.3 Å². The first-order valence-corrected chi connectivity index (χ1v) is 10.8. The lowest BCUT2D eigenvalue weighted by atomic mass is 9.75. The summed E-state index contributed by atoms with van der Waals surface area (Å²) in [6.07, 6.45) is 10.00. The van der Waals surface area contributed by atoms with Crippen molar-refractivity contribution in [3.8, 4) is 0 Å². The van der Waals surface area contributed by atoms with Gasteiger partial charge in [0, 0.05) is 17.9 Å². The molecule has 0 aromatic heterocycles. The Morgan fingerprint density at radius 3 is 2.60 bits per heavy atom. The molecule has 5 heteroatoms. The van der Waals surface area contributed by atoms with Crippen molar-refractivity contribution in [2.45, 2.75) is 56.7 Å². The Hall–Kier alpha value is 0.390. The fourth-order valence-electron chi connectivity index (χ4n) is 3.89. The van der Waals surface area contributed by atoms with Crippen LogP contribution < -0.4 is 0 Å². The van der Waals surface area contributed by atoms with E-state index in [9.17, 15) is 8.42 Å². The van der Waals surface area contributed by atoms with Gasteiger partial charge in [0.2, 0.25) is 10.0 Å². The lowest BCUT2D eigenvalue weighted by Gasteiger charge is -2.38. The lowest BCUT2D eigenvalue weighted by molar-refractivity contribution is 0.188. The standard InChI is InChI=1S/C15H28BrNO2S/c1-3-12-6-7-15(16)14(9-12)10-13-5-4-8-17(11-13)20(2,18)19/h12-15H,3-11H2,1-2H3. The van der Waals surface area contributed by atoms with Gasteiger partial charge in [0.05, 0.1) is 6.26 Å². The van der Waals surface area contributed by atoms with Crippen molar-refractivity contribution in [2.24, 2.45) is 17.8 Å². The fraction of sp³-hybridized carbons (Fsp3) is 1.00. The summed E-state index contributed by atoms with van der Waals surface area (Å²) in [6.45, 7) is 3.75. The zero-order valence-electron chi connectivity index (χ0n) is 12.7. The minimum Gasteiger partial charge on any atom is -0.213 e. The molecule has 2 fully saturated rings. The van der Waals surface area contributed by atoms with E-state index in [4.69, 9.17) is 0 Å². The third-order valence-corrected chi connectivity index (χ3v) is 7.64. The van der Waals surface area contributed by atoms with Crippen molar-refractivity contribution >= 4 is 26.0 Å². The van der Waals surface area contributed by atoms with E-state index in [1.807, 2.05) is 0 Å². The molecule has 20 heavy (non-hydrogen) atoms. The van der Waals surface area contributed by atoms with Crippen LogP contribution in [0.15, 0.2) is 0 Å². The zero-order chi connectivity index (χ0) is 14.8. The monoisotopic (exact) mass is 365 g/mol. The number of nitrogens with zero attached hydrogens (tertiary/aromatic N) is 1. The van der Waals surface area contributed by atoms with Crippen molar-refractivity contribution in [1.29, 1.82) is 0 Å². The third kappa shape index (κ3) is 4.44. The summed E-state index contributed by atoms with van der Waals surface area (Å²) in [5.41, 5.74) is 0. The molecule has 0 aromatic carbocycles. The van der Waals surface area contributed by atoms with Crippen LogP contribution in [-0.2, 0) is 10.0 Å². The van der Waals surface area contributed by atoms with Crippen molar-refractivity contribution in [3.63, 3.8) is 0 Å². The summed E-state index contributed by atoms with van der Waals surface area (Å²) >= 11 is 3.86. The van der Waals surface area contributed by atoms with Gasteiger partial charge in [-0.3, -0.25) is 0 Å². The number of hydrogen-bond acceptors (Lipinski definition) is 2. The quantitative estimate of drug-likeness (QED) is 0.713. The number of sulfonamides is 1. The van der Waals surface area contributed by atoms with Crippen molar-refractivity contribution in [3.05, 3.63) is 0 Å². The molecular formula is C15H28BrNO2S. The molecule has 1 aliphatic carbocycles. The van der Waals surface area contributed by atoms with E-state index < -0.39 is 10.0 Å². The molecular weight excluding hydrogens is 338 g/mol. The van der Waals surface area contributed by atoms with Crippen LogP contribution in [0.1, 0.15) is 51.9 Å². The maximum absolute atomic E-state index is 11.7. The average molecular weight is 366 g/mol. The molecule has 4 unspecified atom stereocenters. The molecule has 118 valence electrons. The Morgan fingerprint density at radius 2 is 1.95 bits per heavy atom. The van der Waals surface area contributed by atoms with Crippen LogP contribution in [0.3, 0.4) is 0 Å². The smallest absolute Gasteiger partial charge is 0.211 e. The molecule has 0 bridgehead atoms. The van der Waals surface area contributed by atoms with Crippen LogP contribution in [0.5, 0.6) is 0 Å². The van der Waals surface area contributed by atoms with Crippen LogP contribution >= 0.6 is 15.9 Å². The second kappa shape index (κ2) is 7.10. The van der Waals surface area contributed by atoms with E-state index >= 15 is 0 Å². The van der Waals surface area contributed by atoms with Crippen LogP contribution in [0.25, 0.3) is 0 Å². The van der Waals surface area contributed by atoms with Crippen molar-refractivity contribution < 1.29 is 8.42 Å². The fourth-order valence-corrected chi connectivity index (χ4v) is 5.53. The van der Waals surface area contributed by atoms with E-state index in [-0.39, 0.29) is 0 Å². The van der Waals surface area contributed by atoms with E-state index in [1.54, 1.807) is 4.31 Å². The first kappa shape index (κ1) is 16.8. The van der Waals surface area contributed by atoms with Crippen molar-refractivity contribution in [1.82, 2.24) is 4.31 Å². The Bertz CT molecular complexity index is 412. The van der Waals surface area contributed by atoms with Crippen LogP contribution in [-0.4, -0.2) is 36.9 Å². The lowest BCUT2D eigenvalue weighted by Crippen LogP contribution is -2.40. The van der Waals surface area contributed by atoms with Gasteiger partial charge in [0.15, 0.2) is 0 Å². The number of piperidine rings is 1. The zero-order valence-corrected chi connectivity index (χ0v) is 15.1. The highest BCUT2D eigenvalue weighted by molar-refractivity contribution is 9.09. The summed E-state index contributed by atoms with van der Waals surface area (Å²) < 4.78 is 25.1. The first-order chi connectivity index (χ1) is 9.40. The molecule has 0 spiro atoms. The van der Waals surface area contributed by atoms with Gasteiger partial charge in [0.1, 0.15) is 0 Å². The largest absolute Gasteiger partial charge is 0.213 e. The molecule has 1 aliphatic heterocycles. The summed E-state index contributed by atoms with van der Waals surface area (Å²) in [5.74, 6) is 2.17. The molecule has 1 saturated carbocycles. The molecule has 0 amide bonds. The highest BCUT2D eigenvalue weighted by atomic mass is 79.9. The van der Waals surface area contributed by atoms with Crippen molar-refractivity contribution in [2.75, 3.05) is 19.3 Å². The molecule has 2 aliphatic rings.